The van der Waals surface area contributed by atoms with E-state index in [2.05, 4.69) is 34.1 Å². The van der Waals surface area contributed by atoms with Crippen LogP contribution in [0.25, 0.3) is 11.0 Å². The number of rotatable bonds is 8. The third kappa shape index (κ3) is 5.36. The van der Waals surface area contributed by atoms with Crippen LogP contribution in [0.2, 0.25) is 0 Å². The van der Waals surface area contributed by atoms with Gasteiger partial charge in [0.15, 0.2) is 11.4 Å². The van der Waals surface area contributed by atoms with Crippen LogP contribution in [-0.2, 0) is 6.61 Å². The summed E-state index contributed by atoms with van der Waals surface area (Å²) in [7, 11) is 0. The lowest BCUT2D eigenvalue weighted by atomic mass is 10.1. The summed E-state index contributed by atoms with van der Waals surface area (Å²) >= 11 is 0. The fourth-order valence-electron chi connectivity index (χ4n) is 3.67. The zero-order valence-corrected chi connectivity index (χ0v) is 20.1. The second-order valence-corrected chi connectivity index (χ2v) is 8.64. The monoisotopic (exact) mass is 478 g/mol. The Balaban J connectivity index is 1.48. The SMILES string of the molecule is CC(C)c1ccc2c(Nc3cc(OCc4ccccc4)ccc3Oc3ccc(O)cc3)ncnc2n1. The van der Waals surface area contributed by atoms with Crippen molar-refractivity contribution in [1.82, 2.24) is 15.0 Å². The number of nitrogens with one attached hydrogen (secondary N) is 1. The highest BCUT2D eigenvalue weighted by Crippen LogP contribution is 2.36. The van der Waals surface area contributed by atoms with E-state index in [4.69, 9.17) is 9.47 Å². The molecule has 0 amide bonds. The highest BCUT2D eigenvalue weighted by molar-refractivity contribution is 5.89. The minimum absolute atomic E-state index is 0.172. The maximum Gasteiger partial charge on any atom is 0.164 e. The van der Waals surface area contributed by atoms with Crippen LogP contribution < -0.4 is 14.8 Å². The maximum absolute atomic E-state index is 9.61. The fraction of sp³-hybridized carbons (Fsp3) is 0.138. The molecule has 0 unspecified atom stereocenters. The van der Waals surface area contributed by atoms with Crippen molar-refractivity contribution in [3.8, 4) is 23.0 Å². The minimum atomic E-state index is 0.172. The van der Waals surface area contributed by atoms with Crippen molar-refractivity contribution in [3.63, 3.8) is 0 Å². The first-order valence-electron chi connectivity index (χ1n) is 11.7. The average molecular weight is 479 g/mol. The number of hydrogen-bond donors (Lipinski definition) is 2. The summed E-state index contributed by atoms with van der Waals surface area (Å²) in [5.41, 5.74) is 3.34. The third-order valence-electron chi connectivity index (χ3n) is 5.63. The number of benzene rings is 3. The Labute approximate surface area is 209 Å². The number of fused-ring (bicyclic) bond motifs is 1. The first-order chi connectivity index (χ1) is 17.5. The molecule has 0 radical (unpaired) electrons. The highest BCUT2D eigenvalue weighted by atomic mass is 16.5. The van der Waals surface area contributed by atoms with Crippen molar-refractivity contribution in [1.29, 1.82) is 0 Å². The number of hydrogen-bond acceptors (Lipinski definition) is 7. The van der Waals surface area contributed by atoms with Crippen LogP contribution in [0.5, 0.6) is 23.0 Å². The number of phenols is 1. The molecule has 180 valence electrons. The van der Waals surface area contributed by atoms with Gasteiger partial charge in [0.25, 0.3) is 0 Å². The van der Waals surface area contributed by atoms with E-state index in [1.54, 1.807) is 24.3 Å². The van der Waals surface area contributed by atoms with Crippen LogP contribution in [0.1, 0.15) is 31.0 Å². The number of ether oxygens (including phenoxy) is 2. The van der Waals surface area contributed by atoms with Crippen LogP contribution >= 0.6 is 0 Å². The molecule has 0 aliphatic rings. The lowest BCUT2D eigenvalue weighted by molar-refractivity contribution is 0.306. The molecule has 0 saturated carbocycles. The topological polar surface area (TPSA) is 89.4 Å². The van der Waals surface area contributed by atoms with Crippen LogP contribution in [0.15, 0.2) is 91.3 Å². The molecule has 0 aliphatic carbocycles. The second kappa shape index (κ2) is 10.3. The molecular weight excluding hydrogens is 452 g/mol. The van der Waals surface area contributed by atoms with Crippen molar-refractivity contribution in [2.75, 3.05) is 5.32 Å². The van der Waals surface area contributed by atoms with Crippen LogP contribution in [0.4, 0.5) is 11.5 Å². The van der Waals surface area contributed by atoms with Gasteiger partial charge in [0, 0.05) is 11.8 Å². The van der Waals surface area contributed by atoms with Crippen molar-refractivity contribution in [3.05, 3.63) is 103 Å². The second-order valence-electron chi connectivity index (χ2n) is 8.64. The van der Waals surface area contributed by atoms with Crippen LogP contribution in [-0.4, -0.2) is 20.1 Å². The maximum atomic E-state index is 9.61. The fourth-order valence-corrected chi connectivity index (χ4v) is 3.67. The summed E-state index contributed by atoms with van der Waals surface area (Å²) in [6, 6.07) is 26.1. The zero-order chi connectivity index (χ0) is 24.9. The quantitative estimate of drug-likeness (QED) is 0.249. The van der Waals surface area contributed by atoms with E-state index in [0.29, 0.717) is 46.9 Å². The van der Waals surface area contributed by atoms with Gasteiger partial charge in [-0.3, -0.25) is 0 Å². The zero-order valence-electron chi connectivity index (χ0n) is 20.1. The molecule has 0 atom stereocenters. The average Bonchev–Trinajstić information content (AvgIpc) is 2.90. The van der Waals surface area contributed by atoms with E-state index in [9.17, 15) is 5.11 Å². The molecule has 2 N–H and O–H groups in total. The van der Waals surface area contributed by atoms with Gasteiger partial charge in [0.1, 0.15) is 36.0 Å². The van der Waals surface area contributed by atoms with Gasteiger partial charge < -0.3 is 19.9 Å². The Kier molecular flexibility index (Phi) is 6.62. The third-order valence-corrected chi connectivity index (χ3v) is 5.63. The molecule has 3 aromatic carbocycles. The highest BCUT2D eigenvalue weighted by Gasteiger charge is 2.13. The van der Waals surface area contributed by atoms with E-state index in [0.717, 1.165) is 16.6 Å². The summed E-state index contributed by atoms with van der Waals surface area (Å²) in [6.45, 7) is 4.64. The Bertz CT molecular complexity index is 1470. The first kappa shape index (κ1) is 23.1. The molecule has 2 aromatic heterocycles. The minimum Gasteiger partial charge on any atom is -0.508 e. The van der Waals surface area contributed by atoms with Crippen LogP contribution in [0, 0.1) is 0 Å². The number of anilines is 2. The van der Waals surface area contributed by atoms with Crippen molar-refractivity contribution in [2.24, 2.45) is 0 Å². The summed E-state index contributed by atoms with van der Waals surface area (Å²) in [5, 5.41) is 13.8. The number of phenolic OH excluding ortho intramolecular Hbond substituents is 1. The first-order valence-corrected chi connectivity index (χ1v) is 11.7. The Morgan fingerprint density at radius 3 is 2.42 bits per heavy atom. The molecule has 0 aliphatic heterocycles. The molecule has 7 heteroatoms. The van der Waals surface area contributed by atoms with E-state index in [1.165, 1.54) is 6.33 Å². The Hall–Kier alpha value is -4.65. The molecule has 5 aromatic rings. The smallest absolute Gasteiger partial charge is 0.164 e. The number of pyridine rings is 1. The lowest BCUT2D eigenvalue weighted by Gasteiger charge is -2.16. The van der Waals surface area contributed by atoms with Gasteiger partial charge >= 0.3 is 0 Å². The van der Waals surface area contributed by atoms with Crippen molar-refractivity contribution >= 4 is 22.5 Å². The molecule has 0 saturated heterocycles. The normalized spacial score (nSPS) is 11.0. The number of aromatic hydroxyl groups is 1. The van der Waals surface area contributed by atoms with Gasteiger partial charge in [-0.2, -0.15) is 0 Å². The summed E-state index contributed by atoms with van der Waals surface area (Å²) in [5.74, 6) is 2.92. The predicted molar refractivity (Wildman–Crippen MR) is 140 cm³/mol. The van der Waals surface area contributed by atoms with E-state index < -0.39 is 0 Å². The summed E-state index contributed by atoms with van der Waals surface area (Å²) in [4.78, 5) is 13.5. The molecule has 36 heavy (non-hydrogen) atoms. The summed E-state index contributed by atoms with van der Waals surface area (Å²) < 4.78 is 12.2. The van der Waals surface area contributed by atoms with Gasteiger partial charge in [0.05, 0.1) is 11.1 Å². The van der Waals surface area contributed by atoms with Gasteiger partial charge in [-0.1, -0.05) is 44.2 Å². The van der Waals surface area contributed by atoms with E-state index >= 15 is 0 Å². The van der Waals surface area contributed by atoms with Crippen LogP contribution in [0.3, 0.4) is 0 Å². The lowest BCUT2D eigenvalue weighted by Crippen LogP contribution is -2.02. The van der Waals surface area contributed by atoms with Gasteiger partial charge in [-0.15, -0.1) is 0 Å². The molecule has 0 spiro atoms. The molecule has 7 nitrogen and oxygen atoms in total. The standard InChI is InChI=1S/C29H26N4O3/c1-19(2)25-14-13-24-28(32-25)30-18-31-29(24)33-26-16-23(35-17-20-6-4-3-5-7-20)12-15-27(26)36-22-10-8-21(34)9-11-22/h3-16,18-19,34H,17H2,1-2H3,(H,30,31,32,33). The molecular formula is C29H26N4O3. The van der Waals surface area contributed by atoms with Gasteiger partial charge in [-0.05, 0) is 60.0 Å². The van der Waals surface area contributed by atoms with E-state index in [1.807, 2.05) is 60.7 Å². The Morgan fingerprint density at radius 1 is 0.861 bits per heavy atom. The molecule has 0 fully saturated rings. The number of nitrogens with zero attached hydrogens (tertiary/aromatic N) is 3. The molecule has 2 heterocycles. The van der Waals surface area contributed by atoms with Gasteiger partial charge in [-0.25, -0.2) is 15.0 Å². The Morgan fingerprint density at radius 2 is 1.64 bits per heavy atom. The predicted octanol–water partition coefficient (Wildman–Crippen LogP) is 6.97. The van der Waals surface area contributed by atoms with Gasteiger partial charge in [0.2, 0.25) is 0 Å². The van der Waals surface area contributed by atoms with Crippen molar-refractivity contribution in [2.45, 2.75) is 26.4 Å². The summed E-state index contributed by atoms with van der Waals surface area (Å²) in [6.07, 6.45) is 1.50. The molecule has 5 rings (SSSR count). The van der Waals surface area contributed by atoms with Crippen molar-refractivity contribution < 1.29 is 14.6 Å². The number of aromatic nitrogens is 3. The molecule has 0 bridgehead atoms. The largest absolute Gasteiger partial charge is 0.508 e. The van der Waals surface area contributed by atoms with E-state index in [-0.39, 0.29) is 5.75 Å².